The van der Waals surface area contributed by atoms with E-state index >= 15 is 0 Å². The molecule has 0 unspecified atom stereocenters. The van der Waals surface area contributed by atoms with Gasteiger partial charge in [0.25, 0.3) is 5.91 Å². The number of allylic oxidation sites excluding steroid dienone is 3. The number of hydrogen-bond donors (Lipinski definition) is 1. The molecular formula is C26H37N3O3. The maximum atomic E-state index is 13.2. The van der Waals surface area contributed by atoms with Gasteiger partial charge >= 0.3 is 0 Å². The first kappa shape index (κ1) is 22.9. The second kappa shape index (κ2) is 9.67. The van der Waals surface area contributed by atoms with Gasteiger partial charge in [-0.1, -0.05) is 17.7 Å². The first-order valence-electron chi connectivity index (χ1n) is 11.8. The third-order valence-electron chi connectivity index (χ3n) is 7.28. The highest BCUT2D eigenvalue weighted by atomic mass is 16.5. The number of rotatable bonds is 7. The van der Waals surface area contributed by atoms with Gasteiger partial charge in [-0.2, -0.15) is 0 Å². The first-order valence-corrected chi connectivity index (χ1v) is 11.8. The lowest BCUT2D eigenvalue weighted by molar-refractivity contribution is 0.0731. The van der Waals surface area contributed by atoms with Crippen LogP contribution in [0.25, 0.3) is 0 Å². The molecule has 1 amide bonds. The van der Waals surface area contributed by atoms with Crippen molar-refractivity contribution < 1.29 is 14.3 Å². The number of carbonyl (C=O) groups excluding carboxylic acids is 1. The normalized spacial score (nSPS) is 19.6. The minimum atomic E-state index is 0.0354. The van der Waals surface area contributed by atoms with Crippen LogP contribution < -0.4 is 5.32 Å². The summed E-state index contributed by atoms with van der Waals surface area (Å²) < 4.78 is 11.0. The number of benzene rings is 1. The fourth-order valence-corrected chi connectivity index (χ4v) is 5.02. The van der Waals surface area contributed by atoms with E-state index in [1.165, 1.54) is 16.7 Å². The third kappa shape index (κ3) is 4.71. The predicted octanol–water partition coefficient (Wildman–Crippen LogP) is 3.83. The Balaban J connectivity index is 1.43. The molecule has 0 bridgehead atoms. The fourth-order valence-electron chi connectivity index (χ4n) is 5.02. The van der Waals surface area contributed by atoms with Gasteiger partial charge in [-0.25, -0.2) is 0 Å². The van der Waals surface area contributed by atoms with E-state index in [4.69, 9.17) is 9.47 Å². The monoisotopic (exact) mass is 439 g/mol. The molecule has 1 saturated heterocycles. The number of nitrogens with one attached hydrogen (secondary N) is 1. The molecule has 3 aliphatic rings. The van der Waals surface area contributed by atoms with Crippen molar-refractivity contribution in [2.45, 2.75) is 58.2 Å². The quantitative estimate of drug-likeness (QED) is 0.700. The number of amides is 1. The van der Waals surface area contributed by atoms with Crippen molar-refractivity contribution in [3.05, 3.63) is 58.1 Å². The summed E-state index contributed by atoms with van der Waals surface area (Å²) in [5, 5.41) is 3.33. The fraction of sp³-hybridized carbons (Fsp3) is 0.577. The van der Waals surface area contributed by atoms with E-state index in [1.807, 2.05) is 17.0 Å². The number of carbonyl (C=O) groups is 1. The highest BCUT2D eigenvalue weighted by Crippen LogP contribution is 2.36. The average Bonchev–Trinajstić information content (AvgIpc) is 3.28. The Labute approximate surface area is 192 Å². The van der Waals surface area contributed by atoms with Crippen LogP contribution in [0, 0.1) is 0 Å². The van der Waals surface area contributed by atoms with Crippen molar-refractivity contribution >= 4 is 5.91 Å². The minimum Gasteiger partial charge on any atom is -0.497 e. The summed E-state index contributed by atoms with van der Waals surface area (Å²) in [6.07, 6.45) is 6.18. The Hall–Kier alpha value is -2.31. The van der Waals surface area contributed by atoms with Crippen LogP contribution in [-0.2, 0) is 22.6 Å². The number of piperazine rings is 1. The number of hydrogen-bond acceptors (Lipinski definition) is 5. The molecule has 6 nitrogen and oxygen atoms in total. The summed E-state index contributed by atoms with van der Waals surface area (Å²) in [6, 6.07) is 6.24. The summed E-state index contributed by atoms with van der Waals surface area (Å²) in [6.45, 7) is 9.73. The van der Waals surface area contributed by atoms with Gasteiger partial charge < -0.3 is 19.7 Å². The molecule has 0 radical (unpaired) electrons. The molecule has 0 atom stereocenters. The van der Waals surface area contributed by atoms with E-state index < -0.39 is 0 Å². The molecule has 1 aliphatic carbocycles. The van der Waals surface area contributed by atoms with E-state index in [1.54, 1.807) is 14.2 Å². The SMILES string of the molecule is COC1=C(OC)CCC(CCC(C)(C)N2Cc3cccc(C(=O)N4CCNCC4)c3C2)=C1. The van der Waals surface area contributed by atoms with Crippen molar-refractivity contribution in [3.63, 3.8) is 0 Å². The molecule has 0 aromatic heterocycles. The molecular weight excluding hydrogens is 402 g/mol. The van der Waals surface area contributed by atoms with Gasteiger partial charge in [0.2, 0.25) is 0 Å². The molecule has 0 spiro atoms. The maximum absolute atomic E-state index is 13.2. The van der Waals surface area contributed by atoms with E-state index in [-0.39, 0.29) is 11.4 Å². The van der Waals surface area contributed by atoms with Crippen LogP contribution in [0.5, 0.6) is 0 Å². The van der Waals surface area contributed by atoms with E-state index in [2.05, 4.69) is 36.2 Å². The zero-order valence-corrected chi connectivity index (χ0v) is 20.0. The zero-order chi connectivity index (χ0) is 22.7. The van der Waals surface area contributed by atoms with Crippen LogP contribution in [0.1, 0.15) is 61.0 Å². The second-order valence-electron chi connectivity index (χ2n) is 9.65. The molecule has 1 aromatic rings. The molecule has 1 aromatic carbocycles. The summed E-state index contributed by atoms with van der Waals surface area (Å²) in [5.74, 6) is 1.98. The summed E-state index contributed by atoms with van der Waals surface area (Å²) in [7, 11) is 3.42. The second-order valence-corrected chi connectivity index (χ2v) is 9.65. The number of ether oxygens (including phenoxy) is 2. The van der Waals surface area contributed by atoms with Crippen LogP contribution in [0.3, 0.4) is 0 Å². The van der Waals surface area contributed by atoms with Crippen molar-refractivity contribution in [3.8, 4) is 0 Å². The van der Waals surface area contributed by atoms with Gasteiger partial charge in [0, 0.05) is 56.8 Å². The maximum Gasteiger partial charge on any atom is 0.254 e. The van der Waals surface area contributed by atoms with Gasteiger partial charge in [0.05, 0.1) is 14.2 Å². The third-order valence-corrected chi connectivity index (χ3v) is 7.28. The first-order chi connectivity index (χ1) is 15.4. The number of methoxy groups -OCH3 is 2. The smallest absolute Gasteiger partial charge is 0.254 e. The van der Waals surface area contributed by atoms with Crippen LogP contribution in [0.15, 0.2) is 41.4 Å². The van der Waals surface area contributed by atoms with Crippen molar-refractivity contribution in [2.75, 3.05) is 40.4 Å². The van der Waals surface area contributed by atoms with Gasteiger partial charge in [0.15, 0.2) is 5.76 Å². The number of nitrogens with zero attached hydrogens (tertiary/aromatic N) is 2. The standard InChI is InChI=1S/C26H37N3O3/c1-26(2,11-10-19-8-9-23(31-3)24(16-19)32-4)29-17-20-6-5-7-21(22(20)18-29)25(30)28-14-12-27-13-15-28/h5-7,16,27H,8-15,17-18H2,1-4H3. The molecule has 2 aliphatic heterocycles. The Bertz CT molecular complexity index is 913. The molecule has 1 fully saturated rings. The Morgan fingerprint density at radius 2 is 1.88 bits per heavy atom. The lowest BCUT2D eigenvalue weighted by Gasteiger charge is -2.36. The highest BCUT2D eigenvalue weighted by Gasteiger charge is 2.34. The molecule has 0 saturated carbocycles. The summed E-state index contributed by atoms with van der Waals surface area (Å²) >= 11 is 0. The Morgan fingerprint density at radius 3 is 2.59 bits per heavy atom. The molecule has 2 heterocycles. The number of fused-ring (bicyclic) bond motifs is 1. The van der Waals surface area contributed by atoms with Gasteiger partial charge in [0.1, 0.15) is 5.76 Å². The van der Waals surface area contributed by atoms with E-state index in [0.29, 0.717) is 0 Å². The summed E-state index contributed by atoms with van der Waals surface area (Å²) in [4.78, 5) is 17.7. The average molecular weight is 440 g/mol. The molecule has 174 valence electrons. The predicted molar refractivity (Wildman–Crippen MR) is 126 cm³/mol. The van der Waals surface area contributed by atoms with Gasteiger partial charge in [-0.3, -0.25) is 9.69 Å². The van der Waals surface area contributed by atoms with Crippen LogP contribution in [-0.4, -0.2) is 61.6 Å². The van der Waals surface area contributed by atoms with Gasteiger partial charge in [-0.05, 0) is 56.4 Å². The van der Waals surface area contributed by atoms with E-state index in [0.717, 1.165) is 82.0 Å². The summed E-state index contributed by atoms with van der Waals surface area (Å²) in [5.41, 5.74) is 4.86. The highest BCUT2D eigenvalue weighted by molar-refractivity contribution is 5.96. The van der Waals surface area contributed by atoms with E-state index in [9.17, 15) is 4.79 Å². The van der Waals surface area contributed by atoms with Crippen molar-refractivity contribution in [2.24, 2.45) is 0 Å². The topological polar surface area (TPSA) is 54.0 Å². The lowest BCUT2D eigenvalue weighted by atomic mass is 9.90. The Morgan fingerprint density at radius 1 is 1.09 bits per heavy atom. The van der Waals surface area contributed by atoms with Crippen molar-refractivity contribution in [1.82, 2.24) is 15.1 Å². The molecule has 1 N–H and O–H groups in total. The Kier molecular flexibility index (Phi) is 6.91. The minimum absolute atomic E-state index is 0.0354. The molecule has 6 heteroatoms. The van der Waals surface area contributed by atoms with Crippen LogP contribution >= 0.6 is 0 Å². The lowest BCUT2D eigenvalue weighted by Crippen LogP contribution is -2.46. The van der Waals surface area contributed by atoms with Crippen LogP contribution in [0.2, 0.25) is 0 Å². The van der Waals surface area contributed by atoms with Crippen LogP contribution in [0.4, 0.5) is 0 Å². The molecule has 32 heavy (non-hydrogen) atoms. The van der Waals surface area contributed by atoms with Gasteiger partial charge in [-0.15, -0.1) is 0 Å². The zero-order valence-electron chi connectivity index (χ0n) is 20.0. The largest absolute Gasteiger partial charge is 0.497 e. The van der Waals surface area contributed by atoms with Crippen molar-refractivity contribution in [1.29, 1.82) is 0 Å². The molecule has 4 rings (SSSR count).